The van der Waals surface area contributed by atoms with Crippen molar-refractivity contribution in [3.8, 4) is 0 Å². The van der Waals surface area contributed by atoms with Gasteiger partial charge in [0.2, 0.25) is 0 Å². The molecule has 4 nitrogen and oxygen atoms in total. The van der Waals surface area contributed by atoms with Crippen molar-refractivity contribution < 1.29 is 19.4 Å². The zero-order valence-electron chi connectivity index (χ0n) is 14.5. The van der Waals surface area contributed by atoms with E-state index in [1.165, 1.54) is 6.92 Å². The Balaban J connectivity index is 1.75. The van der Waals surface area contributed by atoms with Crippen molar-refractivity contribution in [2.75, 3.05) is 0 Å². The quantitative estimate of drug-likeness (QED) is 0.751. The molecule has 4 rings (SSSR count). The molecule has 0 bridgehead atoms. The van der Waals surface area contributed by atoms with Gasteiger partial charge in [-0.15, -0.1) is 0 Å². The summed E-state index contributed by atoms with van der Waals surface area (Å²) in [5, 5.41) is 10.5. The molecule has 0 aliphatic heterocycles. The molecule has 0 spiro atoms. The molecular weight excluding hydrogens is 304 g/mol. The monoisotopic (exact) mass is 330 g/mol. The number of aliphatic hydroxyl groups is 1. The number of allylic oxidation sites excluding steroid dienone is 2. The first-order valence-corrected chi connectivity index (χ1v) is 9.19. The van der Waals surface area contributed by atoms with Crippen molar-refractivity contribution >= 4 is 11.8 Å². The van der Waals surface area contributed by atoms with Crippen LogP contribution in [-0.2, 0) is 14.3 Å². The maximum absolute atomic E-state index is 11.9. The summed E-state index contributed by atoms with van der Waals surface area (Å²) >= 11 is 0. The van der Waals surface area contributed by atoms with Gasteiger partial charge in [-0.2, -0.15) is 0 Å². The van der Waals surface area contributed by atoms with Crippen molar-refractivity contribution in [3.63, 3.8) is 0 Å². The molecule has 1 N–H and O–H groups in total. The summed E-state index contributed by atoms with van der Waals surface area (Å²) in [4.78, 5) is 23.7. The number of carbonyl (C=O) groups excluding carboxylic acids is 2. The van der Waals surface area contributed by atoms with Crippen molar-refractivity contribution in [1.29, 1.82) is 0 Å². The molecule has 130 valence electrons. The molecule has 6 unspecified atom stereocenters. The zero-order valence-corrected chi connectivity index (χ0v) is 14.5. The molecule has 0 aromatic rings. The summed E-state index contributed by atoms with van der Waals surface area (Å²) in [7, 11) is 0. The highest BCUT2D eigenvalue weighted by Gasteiger charge is 2.60. The van der Waals surface area contributed by atoms with Gasteiger partial charge in [-0.1, -0.05) is 6.92 Å². The Hall–Kier alpha value is -1.42. The van der Waals surface area contributed by atoms with Crippen molar-refractivity contribution in [2.45, 2.75) is 64.1 Å². The second-order valence-electron chi connectivity index (χ2n) is 8.35. The second-order valence-corrected chi connectivity index (χ2v) is 8.35. The van der Waals surface area contributed by atoms with E-state index in [1.807, 2.05) is 6.08 Å². The number of rotatable bonds is 1. The minimum Gasteiger partial charge on any atom is -0.450 e. The maximum Gasteiger partial charge on any atom is 0.303 e. The van der Waals surface area contributed by atoms with Gasteiger partial charge in [0.15, 0.2) is 11.4 Å². The van der Waals surface area contributed by atoms with E-state index >= 15 is 0 Å². The van der Waals surface area contributed by atoms with Crippen LogP contribution >= 0.6 is 0 Å². The van der Waals surface area contributed by atoms with Gasteiger partial charge in [-0.3, -0.25) is 9.59 Å². The third-order valence-electron chi connectivity index (χ3n) is 7.31. The highest BCUT2D eigenvalue weighted by Crippen LogP contribution is 2.62. The number of hydrogen-bond acceptors (Lipinski definition) is 4. The lowest BCUT2D eigenvalue weighted by Gasteiger charge is -2.56. The molecule has 0 saturated heterocycles. The Kier molecular flexibility index (Phi) is 3.54. The van der Waals surface area contributed by atoms with Crippen LogP contribution < -0.4 is 0 Å². The molecule has 0 radical (unpaired) electrons. The van der Waals surface area contributed by atoms with Crippen LogP contribution in [0.3, 0.4) is 0 Å². The summed E-state index contributed by atoms with van der Waals surface area (Å²) in [6.07, 6.45) is 10.5. The Morgan fingerprint density at radius 2 is 2.04 bits per heavy atom. The third kappa shape index (κ3) is 2.08. The Bertz CT molecular complexity index is 648. The zero-order chi connectivity index (χ0) is 17.1. The molecule has 0 aromatic heterocycles. The lowest BCUT2D eigenvalue weighted by atomic mass is 9.51. The largest absolute Gasteiger partial charge is 0.450 e. The molecule has 3 fully saturated rings. The van der Waals surface area contributed by atoms with Crippen LogP contribution in [0.25, 0.3) is 0 Å². The van der Waals surface area contributed by atoms with E-state index < -0.39 is 5.60 Å². The Labute approximate surface area is 143 Å². The average molecular weight is 330 g/mol. The van der Waals surface area contributed by atoms with Gasteiger partial charge in [0.1, 0.15) is 0 Å². The predicted octanol–water partition coefficient (Wildman–Crippen LogP) is 2.95. The number of carbonyl (C=O) groups is 2. The molecule has 24 heavy (non-hydrogen) atoms. The van der Waals surface area contributed by atoms with Gasteiger partial charge in [-0.25, -0.2) is 0 Å². The topological polar surface area (TPSA) is 63.6 Å². The van der Waals surface area contributed by atoms with Gasteiger partial charge in [0.05, 0.1) is 6.10 Å². The Morgan fingerprint density at radius 1 is 1.25 bits per heavy atom. The van der Waals surface area contributed by atoms with Crippen molar-refractivity contribution in [3.05, 3.63) is 23.8 Å². The van der Waals surface area contributed by atoms with Crippen LogP contribution in [0.15, 0.2) is 23.8 Å². The maximum atomic E-state index is 11.9. The predicted molar refractivity (Wildman–Crippen MR) is 89.0 cm³/mol. The minimum atomic E-state index is -0.739. The number of ether oxygens (including phenoxy) is 1. The first-order chi connectivity index (χ1) is 11.4. The molecule has 0 aromatic carbocycles. The van der Waals surface area contributed by atoms with E-state index in [-0.39, 0.29) is 29.2 Å². The van der Waals surface area contributed by atoms with Crippen LogP contribution in [-0.4, -0.2) is 28.6 Å². The van der Waals surface area contributed by atoms with E-state index in [4.69, 9.17) is 4.74 Å². The summed E-state index contributed by atoms with van der Waals surface area (Å²) in [6, 6.07) is 0. The molecule has 0 heterocycles. The molecule has 4 aliphatic rings. The Morgan fingerprint density at radius 3 is 2.79 bits per heavy atom. The number of hydrogen-bond donors (Lipinski definition) is 1. The molecule has 6 atom stereocenters. The van der Waals surface area contributed by atoms with E-state index in [1.54, 1.807) is 12.2 Å². The van der Waals surface area contributed by atoms with Gasteiger partial charge < -0.3 is 9.84 Å². The molecule has 4 heteroatoms. The van der Waals surface area contributed by atoms with Gasteiger partial charge in [-0.05, 0) is 79.6 Å². The highest BCUT2D eigenvalue weighted by molar-refractivity contribution is 6.01. The minimum absolute atomic E-state index is 0.00595. The fourth-order valence-electron chi connectivity index (χ4n) is 6.21. The number of ketones is 1. The summed E-state index contributed by atoms with van der Waals surface area (Å²) in [5.74, 6) is 0.833. The van der Waals surface area contributed by atoms with Crippen LogP contribution in [0.2, 0.25) is 0 Å². The van der Waals surface area contributed by atoms with Crippen molar-refractivity contribution in [2.24, 2.45) is 23.2 Å². The van der Waals surface area contributed by atoms with Crippen LogP contribution in [0.5, 0.6) is 0 Å². The standard InChI is InChI=1S/C20H26O4/c1-12(21)24-20-10-7-14(22)11-13(20)3-4-15-16-5-6-18(23)19(16,2)9-8-17(15)20/h7,10-11,15-18,23H,3-6,8-9H2,1-2H3. The average Bonchev–Trinajstić information content (AvgIpc) is 2.83. The fourth-order valence-corrected chi connectivity index (χ4v) is 6.21. The SMILES string of the molecule is CC(=O)OC12C=CC(=O)C=C1CCC1C2CCC2(C)C(O)CCC12. The smallest absolute Gasteiger partial charge is 0.303 e. The highest BCUT2D eigenvalue weighted by atomic mass is 16.6. The van der Waals surface area contributed by atoms with Crippen LogP contribution in [0, 0.1) is 23.2 Å². The number of aliphatic hydroxyl groups excluding tert-OH is 1. The fraction of sp³-hybridized carbons (Fsp3) is 0.700. The van der Waals surface area contributed by atoms with Crippen LogP contribution in [0.4, 0.5) is 0 Å². The summed E-state index contributed by atoms with van der Waals surface area (Å²) in [5.41, 5.74) is 0.222. The lowest BCUT2D eigenvalue weighted by molar-refractivity contribution is -0.165. The van der Waals surface area contributed by atoms with E-state index in [0.29, 0.717) is 11.8 Å². The van der Waals surface area contributed by atoms with Gasteiger partial charge in [0.25, 0.3) is 0 Å². The third-order valence-corrected chi connectivity index (χ3v) is 7.31. The number of esters is 1. The van der Waals surface area contributed by atoms with E-state index in [9.17, 15) is 14.7 Å². The molecule has 3 saturated carbocycles. The molecule has 0 amide bonds. The van der Waals surface area contributed by atoms with Crippen LogP contribution in [0.1, 0.15) is 52.4 Å². The lowest BCUT2D eigenvalue weighted by Crippen LogP contribution is -2.56. The van der Waals surface area contributed by atoms with E-state index in [2.05, 4.69) is 6.92 Å². The van der Waals surface area contributed by atoms with Crippen molar-refractivity contribution in [1.82, 2.24) is 0 Å². The number of fused-ring (bicyclic) bond motifs is 5. The van der Waals surface area contributed by atoms with Gasteiger partial charge >= 0.3 is 5.97 Å². The normalized spacial score (nSPS) is 46.6. The van der Waals surface area contributed by atoms with E-state index in [0.717, 1.165) is 44.1 Å². The first-order valence-electron chi connectivity index (χ1n) is 9.19. The summed E-state index contributed by atoms with van der Waals surface area (Å²) < 4.78 is 5.90. The molecular formula is C20H26O4. The summed E-state index contributed by atoms with van der Waals surface area (Å²) in [6.45, 7) is 3.68. The molecule has 4 aliphatic carbocycles. The van der Waals surface area contributed by atoms with Gasteiger partial charge in [0, 0.05) is 12.8 Å². The first kappa shape index (κ1) is 16.1. The second kappa shape index (κ2) is 5.29.